The highest BCUT2D eigenvalue weighted by Crippen LogP contribution is 2.34. The van der Waals surface area contributed by atoms with E-state index in [2.05, 4.69) is 29.2 Å². The molecule has 0 radical (unpaired) electrons. The van der Waals surface area contributed by atoms with Crippen LogP contribution in [0.2, 0.25) is 5.02 Å². The van der Waals surface area contributed by atoms with Crippen LogP contribution in [0.1, 0.15) is 18.4 Å². The number of aromatic nitrogens is 1. The zero-order valence-corrected chi connectivity index (χ0v) is 14.0. The molecule has 0 aliphatic rings. The Hall–Kier alpha value is -1.97. The second kappa shape index (κ2) is 7.07. The number of ether oxygens (including phenoxy) is 1. The highest BCUT2D eigenvalue weighted by molar-refractivity contribution is 6.30. The van der Waals surface area contributed by atoms with Gasteiger partial charge in [-0.3, -0.25) is 0 Å². The third-order valence-electron chi connectivity index (χ3n) is 4.13. The lowest BCUT2D eigenvalue weighted by molar-refractivity contribution is 0.415. The molecule has 1 aromatic heterocycles. The van der Waals surface area contributed by atoms with Gasteiger partial charge < -0.3 is 15.5 Å². The van der Waals surface area contributed by atoms with E-state index in [0.29, 0.717) is 0 Å². The molecular formula is C19H21ClN2O. The van der Waals surface area contributed by atoms with Gasteiger partial charge in [-0.05, 0) is 67.3 Å². The zero-order valence-electron chi connectivity index (χ0n) is 13.2. The van der Waals surface area contributed by atoms with Crippen LogP contribution in [-0.4, -0.2) is 18.6 Å². The van der Waals surface area contributed by atoms with Gasteiger partial charge in [-0.25, -0.2) is 0 Å². The highest BCUT2D eigenvalue weighted by Gasteiger charge is 2.13. The van der Waals surface area contributed by atoms with Crippen LogP contribution in [0.15, 0.2) is 42.5 Å². The third-order valence-corrected chi connectivity index (χ3v) is 4.38. The summed E-state index contributed by atoms with van der Waals surface area (Å²) in [5, 5.41) is 1.96. The molecule has 3 N–H and O–H groups in total. The summed E-state index contributed by atoms with van der Waals surface area (Å²) in [4.78, 5) is 3.55. The van der Waals surface area contributed by atoms with E-state index in [1.165, 1.54) is 10.9 Å². The Morgan fingerprint density at radius 2 is 1.87 bits per heavy atom. The zero-order chi connectivity index (χ0) is 16.2. The van der Waals surface area contributed by atoms with Crippen LogP contribution < -0.4 is 10.5 Å². The molecule has 0 bridgehead atoms. The van der Waals surface area contributed by atoms with E-state index in [-0.39, 0.29) is 0 Å². The second-order valence-corrected chi connectivity index (χ2v) is 6.08. The van der Waals surface area contributed by atoms with Gasteiger partial charge in [0.25, 0.3) is 0 Å². The fraction of sp³-hybridized carbons (Fsp3) is 0.263. The summed E-state index contributed by atoms with van der Waals surface area (Å²) in [6.45, 7) is 0.724. The molecule has 3 nitrogen and oxygen atoms in total. The predicted molar refractivity (Wildman–Crippen MR) is 97.3 cm³/mol. The monoisotopic (exact) mass is 328 g/mol. The summed E-state index contributed by atoms with van der Waals surface area (Å²) < 4.78 is 5.38. The molecule has 0 aliphatic carbocycles. The lowest BCUT2D eigenvalue weighted by Crippen LogP contribution is -1.99. The van der Waals surface area contributed by atoms with E-state index in [0.717, 1.165) is 53.4 Å². The number of hydrogen-bond acceptors (Lipinski definition) is 2. The third kappa shape index (κ3) is 3.36. The van der Waals surface area contributed by atoms with Gasteiger partial charge in [-0.1, -0.05) is 23.7 Å². The largest absolute Gasteiger partial charge is 0.497 e. The Bertz CT molecular complexity index is 793. The first-order valence-electron chi connectivity index (χ1n) is 7.87. The maximum Gasteiger partial charge on any atom is 0.119 e. The van der Waals surface area contributed by atoms with Crippen LogP contribution >= 0.6 is 11.6 Å². The molecule has 0 saturated heterocycles. The number of H-pyrrole nitrogens is 1. The van der Waals surface area contributed by atoms with Gasteiger partial charge in [-0.2, -0.15) is 0 Å². The molecule has 3 aromatic rings. The average molecular weight is 329 g/mol. The van der Waals surface area contributed by atoms with Crippen LogP contribution in [0.4, 0.5) is 0 Å². The Kier molecular flexibility index (Phi) is 4.89. The van der Waals surface area contributed by atoms with E-state index in [9.17, 15) is 0 Å². The summed E-state index contributed by atoms with van der Waals surface area (Å²) in [6.07, 6.45) is 3.08. The Morgan fingerprint density at radius 1 is 1.09 bits per heavy atom. The Labute approximate surface area is 141 Å². The van der Waals surface area contributed by atoms with Crippen LogP contribution in [0.5, 0.6) is 5.75 Å². The topological polar surface area (TPSA) is 51.0 Å². The maximum absolute atomic E-state index is 6.02. The van der Waals surface area contributed by atoms with Crippen molar-refractivity contribution in [1.29, 1.82) is 0 Å². The number of methoxy groups -OCH3 is 1. The summed E-state index contributed by atoms with van der Waals surface area (Å²) in [6, 6.07) is 14.1. The van der Waals surface area contributed by atoms with Gasteiger partial charge in [0, 0.05) is 21.6 Å². The molecule has 0 aliphatic heterocycles. The molecule has 0 saturated carbocycles. The molecule has 120 valence electrons. The molecule has 2 aromatic carbocycles. The van der Waals surface area contributed by atoms with Crippen molar-refractivity contribution in [2.24, 2.45) is 5.73 Å². The molecule has 23 heavy (non-hydrogen) atoms. The predicted octanol–water partition coefficient (Wildman–Crippen LogP) is 4.78. The van der Waals surface area contributed by atoms with Crippen molar-refractivity contribution in [3.63, 3.8) is 0 Å². The normalized spacial score (nSPS) is 11.1. The van der Waals surface area contributed by atoms with Gasteiger partial charge in [0.05, 0.1) is 7.11 Å². The van der Waals surface area contributed by atoms with E-state index in [4.69, 9.17) is 22.1 Å². The minimum Gasteiger partial charge on any atom is -0.497 e. The van der Waals surface area contributed by atoms with E-state index in [1.54, 1.807) is 7.11 Å². The lowest BCUT2D eigenvalue weighted by Gasteiger charge is -2.06. The minimum absolute atomic E-state index is 0.724. The number of aromatic amines is 1. The van der Waals surface area contributed by atoms with Crippen molar-refractivity contribution in [1.82, 2.24) is 4.98 Å². The van der Waals surface area contributed by atoms with Crippen LogP contribution in [0, 0.1) is 0 Å². The molecule has 0 spiro atoms. The molecule has 1 heterocycles. The molecule has 0 amide bonds. The first-order valence-corrected chi connectivity index (χ1v) is 8.25. The molecule has 4 heteroatoms. The number of fused-ring (bicyclic) bond motifs is 1. The number of rotatable bonds is 6. The highest BCUT2D eigenvalue weighted by atomic mass is 35.5. The Morgan fingerprint density at radius 3 is 2.57 bits per heavy atom. The van der Waals surface area contributed by atoms with Gasteiger partial charge in [0.2, 0.25) is 0 Å². The van der Waals surface area contributed by atoms with Crippen molar-refractivity contribution >= 4 is 22.5 Å². The van der Waals surface area contributed by atoms with Gasteiger partial charge >= 0.3 is 0 Å². The Balaban J connectivity index is 2.10. The van der Waals surface area contributed by atoms with Crippen molar-refractivity contribution < 1.29 is 4.74 Å². The fourth-order valence-corrected chi connectivity index (χ4v) is 3.05. The molecule has 3 rings (SSSR count). The van der Waals surface area contributed by atoms with Gasteiger partial charge in [0.15, 0.2) is 0 Å². The molecule has 0 fully saturated rings. The van der Waals surface area contributed by atoms with Crippen molar-refractivity contribution in [3.8, 4) is 17.0 Å². The average Bonchev–Trinajstić information content (AvgIpc) is 2.93. The van der Waals surface area contributed by atoms with Crippen LogP contribution in [0.25, 0.3) is 22.2 Å². The molecule has 0 atom stereocenters. The number of hydrogen-bond donors (Lipinski definition) is 2. The number of nitrogens with two attached hydrogens (primary N) is 1. The number of nitrogens with one attached hydrogen (secondary N) is 1. The molecule has 0 unspecified atom stereocenters. The van der Waals surface area contributed by atoms with E-state index >= 15 is 0 Å². The van der Waals surface area contributed by atoms with Crippen molar-refractivity contribution in [3.05, 3.63) is 53.1 Å². The fourth-order valence-electron chi connectivity index (χ4n) is 2.92. The van der Waals surface area contributed by atoms with Crippen LogP contribution in [-0.2, 0) is 6.42 Å². The van der Waals surface area contributed by atoms with Crippen LogP contribution in [0.3, 0.4) is 0 Å². The number of halogens is 1. The van der Waals surface area contributed by atoms with Crippen molar-refractivity contribution in [2.45, 2.75) is 19.3 Å². The number of benzene rings is 2. The first-order chi connectivity index (χ1) is 11.2. The van der Waals surface area contributed by atoms with Crippen molar-refractivity contribution in [2.75, 3.05) is 13.7 Å². The standard InChI is InChI=1S/C19H21ClN2O/c1-23-15-9-10-18-17(12-15)16(4-2-3-11-21)19(22-18)13-5-7-14(20)8-6-13/h5-10,12,22H,2-4,11,21H2,1H3. The quantitative estimate of drug-likeness (QED) is 0.640. The van der Waals surface area contributed by atoms with Gasteiger partial charge in [-0.15, -0.1) is 0 Å². The smallest absolute Gasteiger partial charge is 0.119 e. The van der Waals surface area contributed by atoms with E-state index in [1.807, 2.05) is 18.2 Å². The number of unbranched alkanes of at least 4 members (excludes halogenated alkanes) is 1. The van der Waals surface area contributed by atoms with Gasteiger partial charge in [0.1, 0.15) is 5.75 Å². The SMILES string of the molecule is COc1ccc2[nH]c(-c3ccc(Cl)cc3)c(CCCCN)c2c1. The van der Waals surface area contributed by atoms with E-state index < -0.39 is 0 Å². The second-order valence-electron chi connectivity index (χ2n) is 5.64. The first kappa shape index (κ1) is 15.9. The molecular weight excluding hydrogens is 308 g/mol. The lowest BCUT2D eigenvalue weighted by atomic mass is 10.00. The summed E-state index contributed by atoms with van der Waals surface area (Å²) in [7, 11) is 1.70. The minimum atomic E-state index is 0.724. The summed E-state index contributed by atoms with van der Waals surface area (Å²) in [5.74, 6) is 0.874. The summed E-state index contributed by atoms with van der Waals surface area (Å²) in [5.41, 5.74) is 10.4. The summed E-state index contributed by atoms with van der Waals surface area (Å²) >= 11 is 6.02. The maximum atomic E-state index is 6.02. The number of aryl methyl sites for hydroxylation is 1.